The highest BCUT2D eigenvalue weighted by Crippen LogP contribution is 2.16. The monoisotopic (exact) mass is 373 g/mol. The van der Waals surface area contributed by atoms with Crippen molar-refractivity contribution in [2.45, 2.75) is 33.1 Å². The van der Waals surface area contributed by atoms with Crippen LogP contribution in [0.2, 0.25) is 0 Å². The fraction of sp³-hybridized carbons (Fsp3) is 0.263. The molecule has 6 heteroatoms. The van der Waals surface area contributed by atoms with Gasteiger partial charge in [-0.1, -0.05) is 25.5 Å². The Morgan fingerprint density at radius 3 is 2.60 bits per heavy atom. The highest BCUT2D eigenvalue weighted by Gasteiger charge is 2.01. The molecule has 0 fully saturated rings. The average molecular weight is 374 g/mol. The van der Waals surface area contributed by atoms with Gasteiger partial charge in [0.05, 0.1) is 0 Å². The number of hydrogen-bond acceptors (Lipinski definition) is 3. The van der Waals surface area contributed by atoms with Crippen LogP contribution in [0, 0.1) is 6.92 Å². The Kier molecular flexibility index (Phi) is 7.63. The number of carbonyl (C=O) groups excluding carboxylic acids is 1. The van der Waals surface area contributed by atoms with Crippen LogP contribution >= 0.6 is 23.6 Å². The molecule has 0 aliphatic carbocycles. The second-order valence-electron chi connectivity index (χ2n) is 5.67. The molecule has 2 rings (SSSR count). The Balaban J connectivity index is 1.75. The summed E-state index contributed by atoms with van der Waals surface area (Å²) in [6.07, 6.45) is 6.75. The second-order valence-corrected chi connectivity index (χ2v) is 7.03. The van der Waals surface area contributed by atoms with E-state index >= 15 is 0 Å². The van der Waals surface area contributed by atoms with Gasteiger partial charge in [-0.05, 0) is 72.8 Å². The molecule has 2 aromatic rings. The van der Waals surface area contributed by atoms with Gasteiger partial charge in [-0.3, -0.25) is 15.6 Å². The average Bonchev–Trinajstić information content (AvgIpc) is 3.02. The molecule has 3 N–H and O–H groups in total. The predicted molar refractivity (Wildman–Crippen MR) is 111 cm³/mol. The van der Waals surface area contributed by atoms with Crippen LogP contribution in [0.4, 0.5) is 5.69 Å². The molecule has 132 valence electrons. The van der Waals surface area contributed by atoms with Gasteiger partial charge in [0.25, 0.3) is 5.91 Å². The first-order valence-corrected chi connectivity index (χ1v) is 9.55. The van der Waals surface area contributed by atoms with Gasteiger partial charge in [0.2, 0.25) is 0 Å². The summed E-state index contributed by atoms with van der Waals surface area (Å²) in [5.41, 5.74) is 8.60. The van der Waals surface area contributed by atoms with Gasteiger partial charge in [0, 0.05) is 16.6 Å². The molecule has 1 aromatic heterocycles. The molecule has 0 atom stereocenters. The van der Waals surface area contributed by atoms with Crippen molar-refractivity contribution >= 4 is 46.3 Å². The first kappa shape index (κ1) is 19.1. The summed E-state index contributed by atoms with van der Waals surface area (Å²) in [4.78, 5) is 12.9. The van der Waals surface area contributed by atoms with Crippen LogP contribution in [0.3, 0.4) is 0 Å². The number of rotatable bonds is 6. The summed E-state index contributed by atoms with van der Waals surface area (Å²) < 4.78 is 0. The van der Waals surface area contributed by atoms with E-state index in [-0.39, 0.29) is 5.91 Å². The van der Waals surface area contributed by atoms with Gasteiger partial charge in [-0.15, -0.1) is 11.3 Å². The first-order chi connectivity index (χ1) is 12.1. The fourth-order valence-corrected chi connectivity index (χ4v) is 3.15. The Hall–Kier alpha value is -2.18. The van der Waals surface area contributed by atoms with Crippen molar-refractivity contribution in [2.75, 3.05) is 5.32 Å². The normalized spacial score (nSPS) is 10.6. The summed E-state index contributed by atoms with van der Waals surface area (Å²) in [5.74, 6) is -0.258. The predicted octanol–water partition coefficient (Wildman–Crippen LogP) is 4.43. The molecule has 4 nitrogen and oxygen atoms in total. The van der Waals surface area contributed by atoms with Crippen LogP contribution < -0.4 is 16.2 Å². The van der Waals surface area contributed by atoms with Gasteiger partial charge >= 0.3 is 0 Å². The zero-order valence-electron chi connectivity index (χ0n) is 14.5. The van der Waals surface area contributed by atoms with Crippen molar-refractivity contribution in [3.63, 3.8) is 0 Å². The number of hydrogen-bond donors (Lipinski definition) is 3. The number of hydrazine groups is 1. The van der Waals surface area contributed by atoms with Crippen LogP contribution in [-0.2, 0) is 11.2 Å². The Bertz CT molecular complexity index is 735. The third-order valence-electron chi connectivity index (χ3n) is 3.62. The van der Waals surface area contributed by atoms with Crippen LogP contribution in [0.25, 0.3) is 6.08 Å². The molecule has 0 aliphatic heterocycles. The van der Waals surface area contributed by atoms with E-state index in [0.717, 1.165) is 22.5 Å². The molecule has 0 bridgehead atoms. The second kappa shape index (κ2) is 9.96. The SMILES string of the molecule is CCCCc1ccc(NC(=S)NNC(=O)/C=C/c2sccc2C)cc1. The van der Waals surface area contributed by atoms with Gasteiger partial charge in [-0.2, -0.15) is 0 Å². The summed E-state index contributed by atoms with van der Waals surface area (Å²) in [5, 5.41) is 5.38. The van der Waals surface area contributed by atoms with Gasteiger partial charge < -0.3 is 5.32 Å². The summed E-state index contributed by atoms with van der Waals surface area (Å²) in [6.45, 7) is 4.20. The molecular weight excluding hydrogens is 350 g/mol. The highest BCUT2D eigenvalue weighted by molar-refractivity contribution is 7.80. The number of unbranched alkanes of at least 4 members (excludes halogenated alkanes) is 1. The van der Waals surface area contributed by atoms with E-state index in [4.69, 9.17) is 12.2 Å². The third kappa shape index (κ3) is 6.68. The van der Waals surface area contributed by atoms with Crippen molar-refractivity contribution in [3.05, 3.63) is 57.8 Å². The number of anilines is 1. The molecule has 0 unspecified atom stereocenters. The van der Waals surface area contributed by atoms with Crippen LogP contribution in [-0.4, -0.2) is 11.0 Å². The van der Waals surface area contributed by atoms with Gasteiger partial charge in [0.15, 0.2) is 5.11 Å². The molecule has 0 saturated carbocycles. The van der Waals surface area contributed by atoms with Crippen molar-refractivity contribution in [2.24, 2.45) is 0 Å². The summed E-state index contributed by atoms with van der Waals surface area (Å²) >= 11 is 6.78. The van der Waals surface area contributed by atoms with E-state index in [1.54, 1.807) is 17.4 Å². The van der Waals surface area contributed by atoms with E-state index in [2.05, 4.69) is 35.2 Å². The lowest BCUT2D eigenvalue weighted by Crippen LogP contribution is -2.43. The largest absolute Gasteiger partial charge is 0.331 e. The topological polar surface area (TPSA) is 53.2 Å². The summed E-state index contributed by atoms with van der Waals surface area (Å²) in [7, 11) is 0. The smallest absolute Gasteiger partial charge is 0.262 e. The van der Waals surface area contributed by atoms with Crippen LogP contribution in [0.15, 0.2) is 41.8 Å². The molecule has 25 heavy (non-hydrogen) atoms. The molecular formula is C19H23N3OS2. The maximum Gasteiger partial charge on any atom is 0.262 e. The molecule has 0 saturated heterocycles. The van der Waals surface area contributed by atoms with E-state index in [0.29, 0.717) is 5.11 Å². The van der Waals surface area contributed by atoms with Crippen LogP contribution in [0.1, 0.15) is 35.8 Å². The lowest BCUT2D eigenvalue weighted by molar-refractivity contribution is -0.116. The van der Waals surface area contributed by atoms with Crippen molar-refractivity contribution in [1.29, 1.82) is 0 Å². The minimum Gasteiger partial charge on any atom is -0.331 e. The van der Waals surface area contributed by atoms with E-state index < -0.39 is 0 Å². The maximum absolute atomic E-state index is 11.8. The lowest BCUT2D eigenvalue weighted by Gasteiger charge is -2.11. The number of thiocarbonyl (C=S) groups is 1. The van der Waals surface area contributed by atoms with Crippen molar-refractivity contribution in [1.82, 2.24) is 10.9 Å². The number of benzene rings is 1. The highest BCUT2D eigenvalue weighted by atomic mass is 32.1. The molecule has 0 radical (unpaired) electrons. The van der Waals surface area contributed by atoms with Gasteiger partial charge in [0.1, 0.15) is 0 Å². The molecule has 0 spiro atoms. The third-order valence-corrected chi connectivity index (χ3v) is 4.81. The molecule has 1 heterocycles. The number of carbonyl (C=O) groups is 1. The number of aryl methyl sites for hydroxylation is 2. The van der Waals surface area contributed by atoms with Crippen molar-refractivity contribution < 1.29 is 4.79 Å². The van der Waals surface area contributed by atoms with Crippen molar-refractivity contribution in [3.8, 4) is 0 Å². The van der Waals surface area contributed by atoms with E-state index in [9.17, 15) is 4.79 Å². The zero-order valence-corrected chi connectivity index (χ0v) is 16.1. The standard InChI is InChI=1S/C19H23N3OS2/c1-3-4-5-15-6-8-16(9-7-15)20-19(24)22-21-18(23)11-10-17-14(2)12-13-25-17/h6-13H,3-5H2,1-2H3,(H,21,23)(H2,20,22,24)/b11-10+. The first-order valence-electron chi connectivity index (χ1n) is 8.26. The Morgan fingerprint density at radius 2 is 1.96 bits per heavy atom. The molecule has 1 amide bonds. The quantitative estimate of drug-likeness (QED) is 0.398. The fourth-order valence-electron chi connectivity index (χ4n) is 2.16. The lowest BCUT2D eigenvalue weighted by atomic mass is 10.1. The minimum atomic E-state index is -0.258. The van der Waals surface area contributed by atoms with Crippen LogP contribution in [0.5, 0.6) is 0 Å². The maximum atomic E-state index is 11.8. The summed E-state index contributed by atoms with van der Waals surface area (Å²) in [6, 6.07) is 10.2. The Labute approximate surface area is 158 Å². The number of thiophene rings is 1. The molecule has 1 aromatic carbocycles. The zero-order chi connectivity index (χ0) is 18.1. The Morgan fingerprint density at radius 1 is 1.20 bits per heavy atom. The minimum absolute atomic E-state index is 0.258. The van der Waals surface area contributed by atoms with Gasteiger partial charge in [-0.25, -0.2) is 0 Å². The van der Waals surface area contributed by atoms with E-state index in [1.165, 1.54) is 24.5 Å². The number of nitrogens with one attached hydrogen (secondary N) is 3. The molecule has 0 aliphatic rings. The number of amides is 1. The van der Waals surface area contributed by atoms with E-state index in [1.807, 2.05) is 30.5 Å².